The molecule has 3 amide bonds. The van der Waals surface area contributed by atoms with Gasteiger partial charge in [-0.15, -0.1) is 11.3 Å². The van der Waals surface area contributed by atoms with Crippen molar-refractivity contribution in [1.29, 1.82) is 0 Å². The van der Waals surface area contributed by atoms with E-state index < -0.39 is 41.2 Å². The Labute approximate surface area is 441 Å². The lowest BCUT2D eigenvalue weighted by molar-refractivity contribution is -0.144. The summed E-state index contributed by atoms with van der Waals surface area (Å²) in [5, 5.41) is 32.7. The molecule has 0 spiro atoms. The molecule has 74 heavy (non-hydrogen) atoms. The first-order valence-electron chi connectivity index (χ1n) is 25.4. The van der Waals surface area contributed by atoms with Crippen LogP contribution in [-0.4, -0.2) is 143 Å². The Kier molecular flexibility index (Phi) is 16.3. The molecule has 19 heteroatoms. The Morgan fingerprint density at radius 2 is 1.74 bits per heavy atom. The normalized spacial score (nSPS) is 18.7. The number of halogens is 2. The van der Waals surface area contributed by atoms with E-state index in [2.05, 4.69) is 35.7 Å². The van der Waals surface area contributed by atoms with Crippen molar-refractivity contribution in [2.24, 2.45) is 11.3 Å². The zero-order valence-corrected chi connectivity index (χ0v) is 44.1. The number of anilines is 1. The molecule has 4 atom stereocenters. The van der Waals surface area contributed by atoms with Gasteiger partial charge in [-0.3, -0.25) is 19.3 Å². The van der Waals surface area contributed by atoms with E-state index in [1.807, 2.05) is 88.7 Å². The number of nitrogens with zero attached hydrogens (tertiary/aromatic N) is 6. The van der Waals surface area contributed by atoms with E-state index in [-0.39, 0.29) is 73.3 Å². The highest BCUT2D eigenvalue weighted by atomic mass is 35.5. The van der Waals surface area contributed by atoms with Crippen molar-refractivity contribution in [3.8, 4) is 33.3 Å². The predicted molar refractivity (Wildman–Crippen MR) is 288 cm³/mol. The van der Waals surface area contributed by atoms with Gasteiger partial charge in [-0.05, 0) is 96.8 Å². The second-order valence-corrected chi connectivity index (χ2v) is 22.0. The summed E-state index contributed by atoms with van der Waals surface area (Å²) in [6.45, 7) is 14.7. The third kappa shape index (κ3) is 11.9. The summed E-state index contributed by atoms with van der Waals surface area (Å²) in [5.41, 5.74) is 4.68. The Hall–Kier alpha value is -6.02. The number of piperazine rings is 1. The van der Waals surface area contributed by atoms with Crippen LogP contribution in [0.25, 0.3) is 43.2 Å². The van der Waals surface area contributed by atoms with E-state index in [1.54, 1.807) is 23.5 Å². The fraction of sp³-hybridized carbons (Fsp3) is 0.455. The zero-order chi connectivity index (χ0) is 52.3. The molecule has 0 saturated carbocycles. The number of phenols is 1. The molecule has 0 aliphatic carbocycles. The Bertz CT molecular complexity index is 3000. The molecular weight excluding hydrogens is 985 g/mol. The van der Waals surface area contributed by atoms with Gasteiger partial charge in [0.15, 0.2) is 5.82 Å². The molecular formula is C55H67ClFN9O7S. The summed E-state index contributed by atoms with van der Waals surface area (Å²) < 4.78 is 29.0. The number of carbonyl (C=O) groups excluding carboxylic acids is 3. The average Bonchev–Trinajstić information content (AvgIpc) is 4.01. The van der Waals surface area contributed by atoms with E-state index in [9.17, 15) is 24.6 Å². The molecule has 0 bridgehead atoms. The van der Waals surface area contributed by atoms with Gasteiger partial charge in [0.2, 0.25) is 17.7 Å². The van der Waals surface area contributed by atoms with Crippen LogP contribution in [0.1, 0.15) is 65.7 Å². The van der Waals surface area contributed by atoms with E-state index in [0.29, 0.717) is 43.0 Å². The van der Waals surface area contributed by atoms with Crippen LogP contribution in [-0.2, 0) is 19.1 Å². The lowest BCUT2D eigenvalue weighted by Crippen LogP contribution is -2.58. The highest BCUT2D eigenvalue weighted by Gasteiger charge is 2.45. The van der Waals surface area contributed by atoms with E-state index in [1.165, 1.54) is 11.0 Å². The molecule has 5 heterocycles. The number of likely N-dealkylation sites (tertiary alicyclic amines) is 2. The molecule has 5 N–H and O–H groups in total. The maximum Gasteiger partial charge on any atom is 0.319 e. The summed E-state index contributed by atoms with van der Waals surface area (Å²) in [5.74, 6) is -1.13. The van der Waals surface area contributed by atoms with Crippen LogP contribution in [0, 0.1) is 24.1 Å². The maximum absolute atomic E-state index is 16.9. The van der Waals surface area contributed by atoms with Gasteiger partial charge < -0.3 is 45.4 Å². The number of ether oxygens (including phenoxy) is 2. The van der Waals surface area contributed by atoms with Crippen LogP contribution in [0.2, 0.25) is 5.02 Å². The minimum Gasteiger partial charge on any atom is -0.508 e. The van der Waals surface area contributed by atoms with Crippen LogP contribution >= 0.6 is 22.9 Å². The van der Waals surface area contributed by atoms with Crippen molar-refractivity contribution in [3.05, 3.63) is 94.3 Å². The summed E-state index contributed by atoms with van der Waals surface area (Å²) in [7, 11) is 0. The SMILES string of the molecule is Cc1ncsc1-c1ccc([C@H](C)NC(=O)[C@@H]2C[C@@H](O)CN2C(=O)[C@@H](NC(=O)COCC2CCN(CCOc3nc(N4CCNCC4)c4cc(Cl)c(-c5cc(O)cc6ccccc56)c(F)c4n3)CC2)C(C)(C)C)cc1.[HH]. The van der Waals surface area contributed by atoms with Gasteiger partial charge in [-0.1, -0.05) is 80.9 Å². The number of phenolic OH excluding ortho intramolecular Hbond substituents is 1. The van der Waals surface area contributed by atoms with Gasteiger partial charge in [-0.2, -0.15) is 9.97 Å². The molecule has 6 aromatic rings. The first-order valence-corrected chi connectivity index (χ1v) is 26.7. The molecule has 16 nitrogen and oxygen atoms in total. The molecule has 3 fully saturated rings. The van der Waals surface area contributed by atoms with Crippen LogP contribution in [0.3, 0.4) is 0 Å². The van der Waals surface area contributed by atoms with Gasteiger partial charge in [0.05, 0.1) is 39.9 Å². The van der Waals surface area contributed by atoms with E-state index in [0.717, 1.165) is 71.5 Å². The van der Waals surface area contributed by atoms with Crippen LogP contribution in [0.15, 0.2) is 72.2 Å². The Morgan fingerprint density at radius 3 is 2.46 bits per heavy atom. The number of aromatic hydroxyl groups is 1. The lowest BCUT2D eigenvalue weighted by atomic mass is 9.85. The van der Waals surface area contributed by atoms with Crippen LogP contribution < -0.4 is 25.6 Å². The minimum absolute atomic E-state index is 0. The van der Waals surface area contributed by atoms with Gasteiger partial charge in [-0.25, -0.2) is 9.37 Å². The van der Waals surface area contributed by atoms with Gasteiger partial charge >= 0.3 is 6.01 Å². The number of fused-ring (bicyclic) bond motifs is 2. The number of aliphatic hydroxyl groups excluding tert-OH is 1. The monoisotopic (exact) mass is 1050 g/mol. The highest BCUT2D eigenvalue weighted by Crippen LogP contribution is 2.43. The largest absolute Gasteiger partial charge is 0.508 e. The lowest BCUT2D eigenvalue weighted by Gasteiger charge is -2.35. The van der Waals surface area contributed by atoms with E-state index >= 15 is 4.39 Å². The Morgan fingerprint density at radius 1 is 1.00 bits per heavy atom. The number of amides is 3. The van der Waals surface area contributed by atoms with Crippen molar-refractivity contribution in [3.63, 3.8) is 0 Å². The number of carbonyl (C=O) groups is 3. The number of hydrogen-bond acceptors (Lipinski definition) is 14. The van der Waals surface area contributed by atoms with Crippen molar-refractivity contribution in [2.75, 3.05) is 77.1 Å². The molecule has 4 aromatic carbocycles. The number of piperidine rings is 1. The molecule has 0 radical (unpaired) electrons. The molecule has 3 aliphatic rings. The standard InChI is InChI=1S/C55H65ClFN9O7S.H2/c1-32(35-10-12-36(13-11-35)49-33(2)59-31-74-49)60-52(70)44-26-39(68)28-66(44)53(71)50(55(3,4)5)61-45(69)30-72-29-34-14-18-64(19-15-34)22-23-73-54-62-48-42(51(63-54)65-20-16-58-17-21-65)27-43(56)46(47(48)57)41-25-38(67)24-37-8-6-7-9-40(37)41;/h6-13,24-25,27,31-32,34,39,44,50,58,67-68H,14-23,26,28-30H2,1-5H3,(H,60,70)(H,61,69);1H/t32-,39+,44-,50+;/m0./s1. The fourth-order valence-corrected chi connectivity index (χ4v) is 11.4. The number of β-amino-alcohol motifs (C(OH)–C–C–N with tert-alkyl or cyclic N) is 1. The Balaban J connectivity index is 0.00000747. The van der Waals surface area contributed by atoms with Gasteiger partial charge in [0, 0.05) is 58.1 Å². The van der Waals surface area contributed by atoms with Crippen molar-refractivity contribution >= 4 is 68.2 Å². The number of aromatic nitrogens is 3. The van der Waals surface area contributed by atoms with Crippen LogP contribution in [0.5, 0.6) is 11.8 Å². The van der Waals surface area contributed by atoms with Crippen molar-refractivity contribution < 1.29 is 39.9 Å². The van der Waals surface area contributed by atoms with Gasteiger partial charge in [0.1, 0.15) is 42.4 Å². The second kappa shape index (κ2) is 22.8. The first kappa shape index (κ1) is 52.8. The minimum atomic E-state index is -0.973. The summed E-state index contributed by atoms with van der Waals surface area (Å²) in [4.78, 5) is 61.9. The quantitative estimate of drug-likeness (QED) is 0.0640. The molecule has 3 saturated heterocycles. The average molecular weight is 1050 g/mol. The number of aliphatic hydroxyl groups is 1. The highest BCUT2D eigenvalue weighted by molar-refractivity contribution is 7.13. The number of hydrogen-bond donors (Lipinski definition) is 5. The third-order valence-corrected chi connectivity index (χ3v) is 15.6. The molecule has 3 aliphatic heterocycles. The number of thiazole rings is 1. The maximum atomic E-state index is 16.9. The molecule has 9 rings (SSSR count). The number of nitrogens with one attached hydrogen (secondary N) is 3. The predicted octanol–water partition coefficient (Wildman–Crippen LogP) is 7.51. The summed E-state index contributed by atoms with van der Waals surface area (Å²) in [6.07, 6.45) is 0.866. The summed E-state index contributed by atoms with van der Waals surface area (Å²) >= 11 is 8.46. The topological polar surface area (TPSA) is 195 Å². The zero-order valence-electron chi connectivity index (χ0n) is 42.5. The molecule has 2 aromatic heterocycles. The van der Waals surface area contributed by atoms with Crippen molar-refractivity contribution in [1.82, 2.24) is 40.7 Å². The molecule has 0 unspecified atom stereocenters. The fourth-order valence-electron chi connectivity index (χ4n) is 10.3. The number of rotatable bonds is 16. The van der Waals surface area contributed by atoms with Gasteiger partial charge in [0.25, 0.3) is 0 Å². The van der Waals surface area contributed by atoms with Crippen LogP contribution in [0.4, 0.5) is 10.2 Å². The third-order valence-electron chi connectivity index (χ3n) is 14.4. The van der Waals surface area contributed by atoms with E-state index in [4.69, 9.17) is 26.1 Å². The first-order chi connectivity index (χ1) is 35.5. The number of aryl methyl sites for hydroxylation is 1. The van der Waals surface area contributed by atoms with Crippen molar-refractivity contribution in [2.45, 2.75) is 78.1 Å². The smallest absolute Gasteiger partial charge is 0.319 e. The molecule has 394 valence electrons. The second-order valence-electron chi connectivity index (χ2n) is 20.8. The summed E-state index contributed by atoms with van der Waals surface area (Å²) in [6, 6.07) is 18.0. The number of benzene rings is 4.